The van der Waals surface area contributed by atoms with Gasteiger partial charge in [-0.15, -0.1) is 0 Å². The van der Waals surface area contributed by atoms with Gasteiger partial charge in [0.2, 0.25) is 0 Å². The highest BCUT2D eigenvalue weighted by molar-refractivity contribution is 9.11. The molecule has 1 aromatic carbocycles. The van der Waals surface area contributed by atoms with Gasteiger partial charge in [-0.05, 0) is 42.9 Å². The lowest BCUT2D eigenvalue weighted by Gasteiger charge is -2.15. The second-order valence-corrected chi connectivity index (χ2v) is 6.91. The number of hydrogen-bond donors (Lipinski definition) is 1. The molecule has 5 heteroatoms. The molecule has 3 nitrogen and oxygen atoms in total. The van der Waals surface area contributed by atoms with Crippen molar-refractivity contribution in [3.05, 3.63) is 32.7 Å². The fourth-order valence-corrected chi connectivity index (χ4v) is 3.36. The normalized spacial score (nSPS) is 16.2. The number of methoxy groups -OCH3 is 1. The number of carbonyl (C=O) groups excluding carboxylic acids is 1. The zero-order valence-electron chi connectivity index (χ0n) is 10.8. The molecule has 1 aliphatic rings. The summed E-state index contributed by atoms with van der Waals surface area (Å²) in [6.45, 7) is 1.50. The Balaban J connectivity index is 1.91. The molecule has 1 N–H and O–H groups in total. The van der Waals surface area contributed by atoms with Gasteiger partial charge in [0.15, 0.2) is 0 Å². The van der Waals surface area contributed by atoms with Crippen LogP contribution in [0.25, 0.3) is 0 Å². The van der Waals surface area contributed by atoms with Gasteiger partial charge in [-0.2, -0.15) is 0 Å². The molecule has 1 fully saturated rings. The van der Waals surface area contributed by atoms with E-state index in [2.05, 4.69) is 37.2 Å². The van der Waals surface area contributed by atoms with Gasteiger partial charge < -0.3 is 10.1 Å². The van der Waals surface area contributed by atoms with Crippen LogP contribution in [0.3, 0.4) is 0 Å². The minimum Gasteiger partial charge on any atom is -0.385 e. The monoisotopic (exact) mass is 389 g/mol. The molecular weight excluding hydrogens is 374 g/mol. The van der Waals surface area contributed by atoms with E-state index in [0.717, 1.165) is 28.5 Å². The number of amides is 1. The Morgan fingerprint density at radius 2 is 1.95 bits per heavy atom. The number of halogens is 2. The third-order valence-electron chi connectivity index (χ3n) is 3.54. The topological polar surface area (TPSA) is 38.3 Å². The molecule has 2 rings (SSSR count). The van der Waals surface area contributed by atoms with Crippen LogP contribution in [0.4, 0.5) is 0 Å². The van der Waals surface area contributed by atoms with Crippen LogP contribution in [0.15, 0.2) is 27.1 Å². The Hall–Kier alpha value is -0.390. The largest absolute Gasteiger partial charge is 0.385 e. The van der Waals surface area contributed by atoms with Crippen LogP contribution in [-0.2, 0) is 4.74 Å². The van der Waals surface area contributed by atoms with Crippen LogP contribution in [0.1, 0.15) is 29.6 Å². The molecule has 1 aliphatic carbocycles. The molecule has 1 saturated carbocycles. The number of hydrogen-bond acceptors (Lipinski definition) is 2. The van der Waals surface area contributed by atoms with Gasteiger partial charge in [0.05, 0.1) is 0 Å². The SMILES string of the molecule is COCCC1(CNC(=O)c2cc(Br)cc(Br)c2)CC1. The molecule has 1 amide bonds. The summed E-state index contributed by atoms with van der Waals surface area (Å²) in [6.07, 6.45) is 3.38. The van der Waals surface area contributed by atoms with Crippen LogP contribution in [0.5, 0.6) is 0 Å². The maximum absolute atomic E-state index is 12.1. The first-order chi connectivity index (χ1) is 9.04. The average molecular weight is 391 g/mol. The maximum atomic E-state index is 12.1. The Labute approximate surface area is 130 Å². The first kappa shape index (κ1) is 15.0. The lowest BCUT2D eigenvalue weighted by Crippen LogP contribution is -2.30. The van der Waals surface area contributed by atoms with Crippen LogP contribution in [0.2, 0.25) is 0 Å². The van der Waals surface area contributed by atoms with E-state index in [-0.39, 0.29) is 11.3 Å². The van der Waals surface area contributed by atoms with Crippen molar-refractivity contribution in [3.63, 3.8) is 0 Å². The Morgan fingerprint density at radius 3 is 2.47 bits per heavy atom. The molecule has 1 aromatic rings. The van der Waals surface area contributed by atoms with Crippen molar-refractivity contribution in [2.75, 3.05) is 20.3 Å². The molecule has 0 aromatic heterocycles. The standard InChI is InChI=1S/C14H17Br2NO2/c1-19-5-4-14(2-3-14)9-17-13(18)10-6-11(15)8-12(16)7-10/h6-8H,2-5,9H2,1H3,(H,17,18). The van der Waals surface area contributed by atoms with E-state index in [1.165, 1.54) is 12.8 Å². The van der Waals surface area contributed by atoms with Gasteiger partial charge in [0.25, 0.3) is 5.91 Å². The molecule has 0 bridgehead atoms. The Morgan fingerprint density at radius 1 is 1.32 bits per heavy atom. The van der Waals surface area contributed by atoms with E-state index in [4.69, 9.17) is 4.74 Å². The highest BCUT2D eigenvalue weighted by Gasteiger charge is 2.42. The highest BCUT2D eigenvalue weighted by Crippen LogP contribution is 2.48. The van der Waals surface area contributed by atoms with Crippen LogP contribution in [0, 0.1) is 5.41 Å². The van der Waals surface area contributed by atoms with Crippen molar-refractivity contribution >= 4 is 37.8 Å². The van der Waals surface area contributed by atoms with Gasteiger partial charge in [0.1, 0.15) is 0 Å². The predicted molar refractivity (Wildman–Crippen MR) is 82.3 cm³/mol. The van der Waals surface area contributed by atoms with Crippen LogP contribution in [-0.4, -0.2) is 26.2 Å². The number of ether oxygens (including phenoxy) is 1. The zero-order chi connectivity index (χ0) is 13.9. The predicted octanol–water partition coefficient (Wildman–Crippen LogP) is 3.76. The van der Waals surface area contributed by atoms with E-state index in [9.17, 15) is 4.79 Å². The highest BCUT2D eigenvalue weighted by atomic mass is 79.9. The summed E-state index contributed by atoms with van der Waals surface area (Å²) in [5, 5.41) is 3.03. The second kappa shape index (κ2) is 6.37. The van der Waals surface area contributed by atoms with E-state index in [1.54, 1.807) is 7.11 Å². The van der Waals surface area contributed by atoms with Gasteiger partial charge in [-0.3, -0.25) is 4.79 Å². The fraction of sp³-hybridized carbons (Fsp3) is 0.500. The summed E-state index contributed by atoms with van der Waals surface area (Å²) in [5.74, 6) is -0.0225. The first-order valence-corrected chi connectivity index (χ1v) is 7.86. The van der Waals surface area contributed by atoms with Crippen molar-refractivity contribution in [1.82, 2.24) is 5.32 Å². The van der Waals surface area contributed by atoms with Crippen molar-refractivity contribution < 1.29 is 9.53 Å². The zero-order valence-corrected chi connectivity index (χ0v) is 14.0. The van der Waals surface area contributed by atoms with Crippen molar-refractivity contribution in [2.24, 2.45) is 5.41 Å². The molecule has 0 heterocycles. The molecule has 0 atom stereocenters. The number of carbonyl (C=O) groups is 1. The van der Waals surface area contributed by atoms with Crippen LogP contribution >= 0.6 is 31.9 Å². The summed E-state index contributed by atoms with van der Waals surface area (Å²) in [5.41, 5.74) is 0.943. The third kappa shape index (κ3) is 4.29. The fourth-order valence-electron chi connectivity index (χ4n) is 2.07. The number of nitrogens with one attached hydrogen (secondary N) is 1. The average Bonchev–Trinajstić information content (AvgIpc) is 3.13. The first-order valence-electron chi connectivity index (χ1n) is 6.28. The minimum absolute atomic E-state index is 0.0225. The quantitative estimate of drug-likeness (QED) is 0.802. The van der Waals surface area contributed by atoms with Crippen molar-refractivity contribution in [3.8, 4) is 0 Å². The lowest BCUT2D eigenvalue weighted by atomic mass is 10.0. The lowest BCUT2D eigenvalue weighted by molar-refractivity contribution is 0.0938. The molecule has 0 radical (unpaired) electrons. The Bertz CT molecular complexity index is 452. The number of benzene rings is 1. The molecule has 0 unspecified atom stereocenters. The summed E-state index contributed by atoms with van der Waals surface area (Å²) in [6, 6.07) is 5.57. The van der Waals surface area contributed by atoms with Crippen LogP contribution < -0.4 is 5.32 Å². The van der Waals surface area contributed by atoms with Gasteiger partial charge >= 0.3 is 0 Å². The second-order valence-electron chi connectivity index (χ2n) is 5.08. The molecule has 0 spiro atoms. The number of rotatable bonds is 6. The third-order valence-corrected chi connectivity index (χ3v) is 4.46. The van der Waals surface area contributed by atoms with Gasteiger partial charge in [0, 0.05) is 34.8 Å². The molecular formula is C14H17Br2NO2. The molecule has 104 valence electrons. The summed E-state index contributed by atoms with van der Waals surface area (Å²) in [4.78, 5) is 12.1. The van der Waals surface area contributed by atoms with Crippen molar-refractivity contribution in [1.29, 1.82) is 0 Å². The smallest absolute Gasteiger partial charge is 0.251 e. The van der Waals surface area contributed by atoms with Gasteiger partial charge in [-0.1, -0.05) is 31.9 Å². The van der Waals surface area contributed by atoms with E-state index >= 15 is 0 Å². The van der Waals surface area contributed by atoms with Gasteiger partial charge in [-0.25, -0.2) is 0 Å². The molecule has 19 heavy (non-hydrogen) atoms. The minimum atomic E-state index is -0.0225. The maximum Gasteiger partial charge on any atom is 0.251 e. The summed E-state index contributed by atoms with van der Waals surface area (Å²) < 4.78 is 6.91. The van der Waals surface area contributed by atoms with E-state index in [1.807, 2.05) is 18.2 Å². The molecule has 0 saturated heterocycles. The van der Waals surface area contributed by atoms with E-state index < -0.39 is 0 Å². The van der Waals surface area contributed by atoms with E-state index in [0.29, 0.717) is 5.56 Å². The summed E-state index contributed by atoms with van der Waals surface area (Å²) >= 11 is 6.78. The Kier molecular flexibility index (Phi) is 5.03. The van der Waals surface area contributed by atoms with Crippen molar-refractivity contribution in [2.45, 2.75) is 19.3 Å². The summed E-state index contributed by atoms with van der Waals surface area (Å²) in [7, 11) is 1.72. The molecule has 0 aliphatic heterocycles.